The van der Waals surface area contributed by atoms with Crippen LogP contribution in [-0.4, -0.2) is 42.0 Å². The van der Waals surface area contributed by atoms with Crippen molar-refractivity contribution in [3.63, 3.8) is 0 Å². The molecule has 0 aromatic heterocycles. The fourth-order valence-electron chi connectivity index (χ4n) is 3.13. The van der Waals surface area contributed by atoms with Crippen molar-refractivity contribution >= 4 is 34.8 Å². The molecule has 0 spiro atoms. The van der Waals surface area contributed by atoms with Crippen LogP contribution in [0.15, 0.2) is 53.4 Å². The number of hydrogen-bond donors (Lipinski definition) is 1. The van der Waals surface area contributed by atoms with Gasteiger partial charge in [-0.25, -0.2) is 4.90 Å². The molecule has 30 heavy (non-hydrogen) atoms. The molecule has 0 bridgehead atoms. The molecule has 3 rings (SSSR count). The molecule has 0 unspecified atom stereocenters. The summed E-state index contributed by atoms with van der Waals surface area (Å²) in [4.78, 5) is 28.0. The monoisotopic (exact) mass is 427 g/mol. The van der Waals surface area contributed by atoms with Crippen LogP contribution in [0.5, 0.6) is 11.5 Å². The number of aliphatic hydroxyl groups excluding tert-OH is 1. The van der Waals surface area contributed by atoms with Crippen molar-refractivity contribution in [1.29, 1.82) is 0 Å². The van der Waals surface area contributed by atoms with Crippen molar-refractivity contribution in [2.45, 2.75) is 26.9 Å². The summed E-state index contributed by atoms with van der Waals surface area (Å²) in [6.07, 6.45) is 0.0357. The molecule has 1 heterocycles. The number of carbonyl (C=O) groups excluding carboxylic acids is 2. The van der Waals surface area contributed by atoms with Crippen LogP contribution in [0.25, 0.3) is 5.57 Å². The summed E-state index contributed by atoms with van der Waals surface area (Å²) in [6, 6.07) is 14.0. The zero-order valence-electron chi connectivity index (χ0n) is 17.3. The van der Waals surface area contributed by atoms with Gasteiger partial charge in [0.15, 0.2) is 0 Å². The summed E-state index contributed by atoms with van der Waals surface area (Å²) in [5.74, 6) is 0.802. The molecular weight excluding hydrogens is 402 g/mol. The number of amides is 2. The van der Waals surface area contributed by atoms with E-state index in [0.29, 0.717) is 45.6 Å². The van der Waals surface area contributed by atoms with Crippen molar-refractivity contribution in [3.05, 3.63) is 59.0 Å². The highest BCUT2D eigenvalue weighted by Crippen LogP contribution is 2.39. The van der Waals surface area contributed by atoms with E-state index < -0.39 is 11.8 Å². The molecule has 0 radical (unpaired) electrons. The predicted octanol–water partition coefficient (Wildman–Crippen LogP) is 3.88. The maximum absolute atomic E-state index is 13.3. The summed E-state index contributed by atoms with van der Waals surface area (Å²) in [5, 5.41) is 9.25. The van der Waals surface area contributed by atoms with Gasteiger partial charge in [-0.1, -0.05) is 18.2 Å². The maximum atomic E-state index is 13.3. The number of ether oxygens (including phenoxy) is 2. The fourth-order valence-corrected chi connectivity index (χ4v) is 3.99. The highest BCUT2D eigenvalue weighted by atomic mass is 32.2. The first-order valence-electron chi connectivity index (χ1n) is 9.83. The Balaban J connectivity index is 1.98. The Labute approximate surface area is 180 Å². The molecule has 2 aromatic rings. The SMILES string of the molecule is CCOc1cccc(N2C(=O)C(SCCO)=C(c3ccc(OC(C)C)cc3)C2=O)c1. The summed E-state index contributed by atoms with van der Waals surface area (Å²) in [7, 11) is 0. The van der Waals surface area contributed by atoms with Crippen molar-refractivity contribution in [2.75, 3.05) is 23.9 Å². The third kappa shape index (κ3) is 4.68. The van der Waals surface area contributed by atoms with Gasteiger partial charge >= 0.3 is 0 Å². The average molecular weight is 428 g/mol. The minimum absolute atomic E-state index is 0.0357. The molecule has 0 aliphatic carbocycles. The molecular formula is C23H25NO5S. The third-order valence-electron chi connectivity index (χ3n) is 4.28. The van der Waals surface area contributed by atoms with E-state index >= 15 is 0 Å². The largest absolute Gasteiger partial charge is 0.494 e. The molecule has 0 saturated heterocycles. The lowest BCUT2D eigenvalue weighted by molar-refractivity contribution is -0.119. The Morgan fingerprint density at radius 3 is 2.40 bits per heavy atom. The van der Waals surface area contributed by atoms with Crippen LogP contribution in [0.2, 0.25) is 0 Å². The van der Waals surface area contributed by atoms with Crippen LogP contribution >= 0.6 is 11.8 Å². The van der Waals surface area contributed by atoms with Crippen molar-refractivity contribution < 1.29 is 24.2 Å². The minimum atomic E-state index is -0.399. The number of aliphatic hydroxyl groups is 1. The Kier molecular flexibility index (Phi) is 7.18. The van der Waals surface area contributed by atoms with Gasteiger partial charge in [0.1, 0.15) is 11.5 Å². The normalized spacial score (nSPS) is 14.1. The zero-order chi connectivity index (χ0) is 21.7. The van der Waals surface area contributed by atoms with E-state index in [1.165, 1.54) is 11.8 Å². The standard InChI is InChI=1S/C23H25NO5S/c1-4-28-19-7-5-6-17(14-19)24-22(26)20(21(23(24)27)30-13-12-25)16-8-10-18(11-9-16)29-15(2)3/h5-11,14-15,25H,4,12-13H2,1-3H3. The van der Waals surface area contributed by atoms with Crippen LogP contribution in [-0.2, 0) is 9.59 Å². The quantitative estimate of drug-likeness (QED) is 0.612. The van der Waals surface area contributed by atoms with E-state index in [1.807, 2.05) is 20.8 Å². The smallest absolute Gasteiger partial charge is 0.272 e. The zero-order valence-corrected chi connectivity index (χ0v) is 18.1. The second kappa shape index (κ2) is 9.82. The van der Waals surface area contributed by atoms with E-state index in [2.05, 4.69) is 0 Å². The summed E-state index contributed by atoms with van der Waals surface area (Å²) >= 11 is 1.18. The predicted molar refractivity (Wildman–Crippen MR) is 119 cm³/mol. The number of thioether (sulfide) groups is 1. The molecule has 6 nitrogen and oxygen atoms in total. The van der Waals surface area contributed by atoms with Gasteiger partial charge < -0.3 is 14.6 Å². The number of imide groups is 1. The van der Waals surface area contributed by atoms with Crippen LogP contribution in [0.3, 0.4) is 0 Å². The van der Waals surface area contributed by atoms with E-state index in [-0.39, 0.29) is 12.7 Å². The molecule has 1 N–H and O–H groups in total. The lowest BCUT2D eigenvalue weighted by Crippen LogP contribution is -2.31. The summed E-state index contributed by atoms with van der Waals surface area (Å²) < 4.78 is 11.2. The molecule has 7 heteroatoms. The van der Waals surface area contributed by atoms with Gasteiger partial charge in [-0.2, -0.15) is 0 Å². The first kappa shape index (κ1) is 21.9. The Bertz CT molecular complexity index is 952. The number of hydrogen-bond acceptors (Lipinski definition) is 6. The Morgan fingerprint density at radius 1 is 1.03 bits per heavy atom. The molecule has 1 aliphatic rings. The van der Waals surface area contributed by atoms with Gasteiger partial charge in [-0.15, -0.1) is 11.8 Å². The van der Waals surface area contributed by atoms with E-state index in [9.17, 15) is 14.7 Å². The first-order chi connectivity index (χ1) is 14.5. The van der Waals surface area contributed by atoms with Crippen LogP contribution < -0.4 is 14.4 Å². The Hall–Kier alpha value is -2.77. The number of nitrogens with zero attached hydrogens (tertiary/aromatic N) is 1. The molecule has 158 valence electrons. The number of rotatable bonds is 9. The van der Waals surface area contributed by atoms with Crippen LogP contribution in [0, 0.1) is 0 Å². The lowest BCUT2D eigenvalue weighted by Gasteiger charge is -2.16. The summed E-state index contributed by atoms with van der Waals surface area (Å²) in [6.45, 7) is 6.14. The number of carbonyl (C=O) groups is 2. The second-order valence-corrected chi connectivity index (χ2v) is 7.95. The van der Waals surface area contributed by atoms with Crippen LogP contribution in [0.4, 0.5) is 5.69 Å². The summed E-state index contributed by atoms with van der Waals surface area (Å²) in [5.41, 5.74) is 1.41. The third-order valence-corrected chi connectivity index (χ3v) is 5.33. The Morgan fingerprint density at radius 2 is 1.77 bits per heavy atom. The molecule has 1 aliphatic heterocycles. The fraction of sp³-hybridized carbons (Fsp3) is 0.304. The topological polar surface area (TPSA) is 76.1 Å². The number of benzene rings is 2. The minimum Gasteiger partial charge on any atom is -0.494 e. The second-order valence-electron chi connectivity index (χ2n) is 6.84. The van der Waals surface area contributed by atoms with Crippen molar-refractivity contribution in [3.8, 4) is 11.5 Å². The highest BCUT2D eigenvalue weighted by molar-refractivity contribution is 8.04. The number of anilines is 1. The average Bonchev–Trinajstić information content (AvgIpc) is 2.96. The van der Waals surface area contributed by atoms with Gasteiger partial charge in [0, 0.05) is 11.8 Å². The van der Waals surface area contributed by atoms with Crippen molar-refractivity contribution in [2.24, 2.45) is 0 Å². The molecule has 2 amide bonds. The molecule has 0 fully saturated rings. The van der Waals surface area contributed by atoms with Gasteiger partial charge in [0.25, 0.3) is 11.8 Å². The van der Waals surface area contributed by atoms with Crippen molar-refractivity contribution in [1.82, 2.24) is 0 Å². The highest BCUT2D eigenvalue weighted by Gasteiger charge is 2.40. The molecule has 0 saturated carbocycles. The van der Waals surface area contributed by atoms with Gasteiger partial charge in [-0.3, -0.25) is 9.59 Å². The lowest BCUT2D eigenvalue weighted by atomic mass is 10.1. The van der Waals surface area contributed by atoms with E-state index in [0.717, 1.165) is 4.90 Å². The van der Waals surface area contributed by atoms with Gasteiger partial charge in [-0.05, 0) is 50.6 Å². The molecule has 2 aromatic carbocycles. The van der Waals surface area contributed by atoms with E-state index in [1.54, 1.807) is 48.5 Å². The van der Waals surface area contributed by atoms with Gasteiger partial charge in [0.05, 0.1) is 35.5 Å². The van der Waals surface area contributed by atoms with Gasteiger partial charge in [0.2, 0.25) is 0 Å². The van der Waals surface area contributed by atoms with Crippen LogP contribution in [0.1, 0.15) is 26.3 Å². The first-order valence-corrected chi connectivity index (χ1v) is 10.8. The maximum Gasteiger partial charge on any atom is 0.272 e. The van der Waals surface area contributed by atoms with E-state index in [4.69, 9.17) is 9.47 Å². The molecule has 0 atom stereocenters.